The van der Waals surface area contributed by atoms with Gasteiger partial charge < -0.3 is 26.2 Å². The second-order valence-corrected chi connectivity index (χ2v) is 8.47. The van der Waals surface area contributed by atoms with Crippen LogP contribution in [0.15, 0.2) is 54.6 Å². The van der Waals surface area contributed by atoms with Gasteiger partial charge in [-0.25, -0.2) is 4.79 Å². The number of rotatable bonds is 10. The Morgan fingerprint density at radius 1 is 1.03 bits per heavy atom. The number of benzene rings is 2. The molecule has 0 saturated carbocycles. The lowest BCUT2D eigenvalue weighted by Gasteiger charge is -2.30. The number of nitrogens with zero attached hydrogens (tertiary/aromatic N) is 2. The summed E-state index contributed by atoms with van der Waals surface area (Å²) in [6.07, 6.45) is 3.64. The average Bonchev–Trinajstić information content (AvgIpc) is 2.80. The normalized spacial score (nSPS) is 14.7. The van der Waals surface area contributed by atoms with E-state index in [1.807, 2.05) is 49.5 Å². The van der Waals surface area contributed by atoms with E-state index in [0.29, 0.717) is 6.54 Å². The molecule has 2 aromatic rings. The van der Waals surface area contributed by atoms with Gasteiger partial charge in [-0.2, -0.15) is 0 Å². The molecule has 3 amide bonds. The number of hydrogen-bond donors (Lipinski definition) is 3. The first-order chi connectivity index (χ1) is 15.5. The van der Waals surface area contributed by atoms with E-state index >= 15 is 0 Å². The van der Waals surface area contributed by atoms with Gasteiger partial charge in [-0.05, 0) is 63.0 Å². The minimum Gasteiger partial charge on any atom is -0.369 e. The Morgan fingerprint density at radius 3 is 2.44 bits per heavy atom. The molecule has 0 aromatic heterocycles. The van der Waals surface area contributed by atoms with Crippen LogP contribution in [0.2, 0.25) is 0 Å². The molecular weight excluding hydrogens is 402 g/mol. The minimum atomic E-state index is -0.187. The first-order valence-electron chi connectivity index (χ1n) is 11.4. The van der Waals surface area contributed by atoms with Crippen molar-refractivity contribution in [2.75, 3.05) is 43.4 Å². The molecule has 7 heteroatoms. The summed E-state index contributed by atoms with van der Waals surface area (Å²) >= 11 is 0. The molecule has 172 valence electrons. The third kappa shape index (κ3) is 7.27. The third-order valence-electron chi connectivity index (χ3n) is 6.00. The molecule has 4 N–H and O–H groups in total. The number of nitrogens with one attached hydrogen (secondary N) is 2. The minimum absolute atomic E-state index is 0.0335. The van der Waals surface area contributed by atoms with E-state index in [2.05, 4.69) is 32.6 Å². The molecule has 32 heavy (non-hydrogen) atoms. The van der Waals surface area contributed by atoms with Crippen LogP contribution in [-0.2, 0) is 11.3 Å². The number of primary amides is 1. The van der Waals surface area contributed by atoms with Crippen molar-refractivity contribution in [1.29, 1.82) is 0 Å². The van der Waals surface area contributed by atoms with Crippen LogP contribution >= 0.6 is 0 Å². The van der Waals surface area contributed by atoms with Crippen LogP contribution in [-0.4, -0.2) is 50.1 Å². The second kappa shape index (κ2) is 12.1. The smallest absolute Gasteiger partial charge is 0.319 e. The zero-order chi connectivity index (χ0) is 22.8. The van der Waals surface area contributed by atoms with Crippen LogP contribution in [0.5, 0.6) is 0 Å². The second-order valence-electron chi connectivity index (χ2n) is 8.47. The molecular formula is C25H35N5O2. The zero-order valence-corrected chi connectivity index (χ0v) is 18.9. The van der Waals surface area contributed by atoms with Crippen molar-refractivity contribution >= 4 is 23.3 Å². The number of piperidine rings is 1. The number of nitrogens with two attached hydrogens (primary N) is 1. The third-order valence-corrected chi connectivity index (χ3v) is 6.00. The van der Waals surface area contributed by atoms with E-state index in [1.165, 1.54) is 5.56 Å². The van der Waals surface area contributed by atoms with E-state index in [1.54, 1.807) is 0 Å². The summed E-state index contributed by atoms with van der Waals surface area (Å²) in [6, 6.07) is 17.9. The van der Waals surface area contributed by atoms with Crippen molar-refractivity contribution in [3.63, 3.8) is 0 Å². The highest BCUT2D eigenvalue weighted by Gasteiger charge is 2.22. The molecule has 0 spiro atoms. The van der Waals surface area contributed by atoms with Crippen LogP contribution in [0.25, 0.3) is 0 Å². The Labute approximate surface area is 191 Å². The Morgan fingerprint density at radius 2 is 1.72 bits per heavy atom. The predicted molar refractivity (Wildman–Crippen MR) is 130 cm³/mol. The summed E-state index contributed by atoms with van der Waals surface area (Å²) in [5.41, 5.74) is 8.38. The van der Waals surface area contributed by atoms with Crippen molar-refractivity contribution in [1.82, 2.24) is 10.2 Å². The Hall–Kier alpha value is -3.06. The molecule has 1 fully saturated rings. The fourth-order valence-corrected chi connectivity index (χ4v) is 4.12. The monoisotopic (exact) mass is 437 g/mol. The number of para-hydroxylation sites is 2. The molecule has 1 heterocycles. The van der Waals surface area contributed by atoms with E-state index < -0.39 is 0 Å². The van der Waals surface area contributed by atoms with Gasteiger partial charge in [0.05, 0.1) is 11.4 Å². The number of likely N-dealkylation sites (tertiary alicyclic amines) is 1. The molecule has 0 bridgehead atoms. The molecule has 3 rings (SSSR count). The van der Waals surface area contributed by atoms with E-state index in [4.69, 9.17) is 5.73 Å². The van der Waals surface area contributed by atoms with Crippen LogP contribution in [0, 0.1) is 5.92 Å². The van der Waals surface area contributed by atoms with Gasteiger partial charge in [0.2, 0.25) is 5.91 Å². The summed E-state index contributed by atoms with van der Waals surface area (Å²) < 4.78 is 0. The summed E-state index contributed by atoms with van der Waals surface area (Å²) in [5, 5.41) is 5.95. The van der Waals surface area contributed by atoms with Gasteiger partial charge in [-0.3, -0.25) is 4.79 Å². The van der Waals surface area contributed by atoms with Gasteiger partial charge >= 0.3 is 6.03 Å². The topological polar surface area (TPSA) is 90.7 Å². The highest BCUT2D eigenvalue weighted by atomic mass is 16.2. The van der Waals surface area contributed by atoms with Gasteiger partial charge in [0.25, 0.3) is 0 Å². The number of hydrogen-bond acceptors (Lipinski definition) is 4. The maximum absolute atomic E-state index is 12.4. The van der Waals surface area contributed by atoms with Crippen LogP contribution in [0.4, 0.5) is 16.2 Å². The van der Waals surface area contributed by atoms with Gasteiger partial charge in [-0.1, -0.05) is 42.5 Å². The standard InChI is InChI=1S/C25H35N5O2/c1-29(19-20-9-3-2-4-10-20)23-12-6-5-11-22(23)28-25(32)27-15-7-8-16-30-17-13-21(14-18-30)24(26)31/h2-6,9-12,21H,7-8,13-19H2,1H3,(H2,26,31)(H2,27,28,32). The zero-order valence-electron chi connectivity index (χ0n) is 18.9. The average molecular weight is 438 g/mol. The summed E-state index contributed by atoms with van der Waals surface area (Å²) in [5.74, 6) is -0.140. The first-order valence-corrected chi connectivity index (χ1v) is 11.4. The highest BCUT2D eigenvalue weighted by molar-refractivity contribution is 5.93. The summed E-state index contributed by atoms with van der Waals surface area (Å²) in [7, 11) is 2.03. The molecule has 0 atom stereocenters. The predicted octanol–water partition coefficient (Wildman–Crippen LogP) is 3.42. The van der Waals surface area contributed by atoms with E-state index in [0.717, 1.165) is 63.2 Å². The fraction of sp³-hybridized carbons (Fsp3) is 0.440. The number of amides is 3. The first kappa shape index (κ1) is 23.6. The highest BCUT2D eigenvalue weighted by Crippen LogP contribution is 2.25. The van der Waals surface area contributed by atoms with Crippen molar-refractivity contribution in [3.05, 3.63) is 60.2 Å². The molecule has 2 aromatic carbocycles. The largest absolute Gasteiger partial charge is 0.369 e. The van der Waals surface area contributed by atoms with Crippen LogP contribution < -0.4 is 21.3 Å². The molecule has 7 nitrogen and oxygen atoms in total. The SMILES string of the molecule is CN(Cc1ccccc1)c1ccccc1NC(=O)NCCCCN1CCC(C(N)=O)CC1. The van der Waals surface area contributed by atoms with Gasteiger partial charge in [0.15, 0.2) is 0 Å². The van der Waals surface area contributed by atoms with E-state index in [9.17, 15) is 9.59 Å². The molecule has 1 aliphatic rings. The van der Waals surface area contributed by atoms with Crippen molar-refractivity contribution in [3.8, 4) is 0 Å². The number of carbonyl (C=O) groups is 2. The van der Waals surface area contributed by atoms with E-state index in [-0.39, 0.29) is 17.9 Å². The Balaban J connectivity index is 1.38. The molecule has 1 saturated heterocycles. The molecule has 0 unspecified atom stereocenters. The van der Waals surface area contributed by atoms with Gasteiger partial charge in [0, 0.05) is 26.1 Å². The Bertz CT molecular complexity index is 866. The molecule has 1 aliphatic heterocycles. The summed E-state index contributed by atoms with van der Waals surface area (Å²) in [6.45, 7) is 4.23. The number of unbranched alkanes of at least 4 members (excludes halogenated alkanes) is 1. The quantitative estimate of drug-likeness (QED) is 0.497. The molecule has 0 radical (unpaired) electrons. The lowest BCUT2D eigenvalue weighted by Crippen LogP contribution is -2.39. The molecule has 0 aliphatic carbocycles. The lowest BCUT2D eigenvalue weighted by molar-refractivity contribution is -0.123. The van der Waals surface area contributed by atoms with Gasteiger partial charge in [0.1, 0.15) is 0 Å². The van der Waals surface area contributed by atoms with Crippen LogP contribution in [0.3, 0.4) is 0 Å². The lowest BCUT2D eigenvalue weighted by atomic mass is 9.96. The van der Waals surface area contributed by atoms with Crippen LogP contribution in [0.1, 0.15) is 31.2 Å². The van der Waals surface area contributed by atoms with Crippen molar-refractivity contribution in [2.24, 2.45) is 11.7 Å². The van der Waals surface area contributed by atoms with Gasteiger partial charge in [-0.15, -0.1) is 0 Å². The van der Waals surface area contributed by atoms with Crippen molar-refractivity contribution < 1.29 is 9.59 Å². The maximum Gasteiger partial charge on any atom is 0.319 e. The van der Waals surface area contributed by atoms with Crippen molar-refractivity contribution in [2.45, 2.75) is 32.2 Å². The number of anilines is 2. The summed E-state index contributed by atoms with van der Waals surface area (Å²) in [4.78, 5) is 28.2. The fourth-order valence-electron chi connectivity index (χ4n) is 4.12. The number of carbonyl (C=O) groups excluding carboxylic acids is 2. The Kier molecular flexibility index (Phi) is 8.92. The number of urea groups is 1. The maximum atomic E-state index is 12.4.